The van der Waals surface area contributed by atoms with Gasteiger partial charge in [-0.2, -0.15) is 10.2 Å². The lowest BCUT2D eigenvalue weighted by Gasteiger charge is -1.99. The number of carboxylic acids is 1. The molecule has 7 heteroatoms. The molecule has 0 bridgehead atoms. The SMILES string of the molecule is Cc1cc(C(=O)NN=Cc2ccccc2C(=O)O)n[nH]1. The van der Waals surface area contributed by atoms with E-state index in [1.807, 2.05) is 0 Å². The van der Waals surface area contributed by atoms with Crippen LogP contribution in [0.25, 0.3) is 0 Å². The highest BCUT2D eigenvalue weighted by atomic mass is 16.4. The van der Waals surface area contributed by atoms with Crippen molar-refractivity contribution in [2.45, 2.75) is 6.92 Å². The Morgan fingerprint density at radius 1 is 1.40 bits per heavy atom. The van der Waals surface area contributed by atoms with Gasteiger partial charge in [-0.05, 0) is 19.1 Å². The van der Waals surface area contributed by atoms with E-state index in [9.17, 15) is 9.59 Å². The summed E-state index contributed by atoms with van der Waals surface area (Å²) in [6.45, 7) is 1.77. The molecule has 0 radical (unpaired) electrons. The van der Waals surface area contributed by atoms with E-state index < -0.39 is 11.9 Å². The van der Waals surface area contributed by atoms with Crippen molar-refractivity contribution in [1.29, 1.82) is 0 Å². The largest absolute Gasteiger partial charge is 0.478 e. The van der Waals surface area contributed by atoms with Crippen LogP contribution >= 0.6 is 0 Å². The predicted molar refractivity (Wildman–Crippen MR) is 71.8 cm³/mol. The molecule has 2 aromatic rings. The number of carbonyl (C=O) groups excluding carboxylic acids is 1. The molecule has 0 aliphatic carbocycles. The van der Waals surface area contributed by atoms with Gasteiger partial charge >= 0.3 is 5.97 Å². The summed E-state index contributed by atoms with van der Waals surface area (Å²) in [6.07, 6.45) is 1.28. The molecule has 0 atom stereocenters. The number of benzene rings is 1. The molecule has 0 spiro atoms. The molecule has 0 fully saturated rings. The van der Waals surface area contributed by atoms with E-state index in [0.717, 1.165) is 5.69 Å². The molecule has 1 aromatic carbocycles. The van der Waals surface area contributed by atoms with E-state index in [0.29, 0.717) is 5.56 Å². The van der Waals surface area contributed by atoms with Crippen LogP contribution in [0.2, 0.25) is 0 Å². The zero-order valence-corrected chi connectivity index (χ0v) is 10.6. The molecule has 3 N–H and O–H groups in total. The normalized spacial score (nSPS) is 10.7. The summed E-state index contributed by atoms with van der Waals surface area (Å²) in [7, 11) is 0. The van der Waals surface area contributed by atoms with Crippen LogP contribution in [0.1, 0.15) is 32.1 Å². The van der Waals surface area contributed by atoms with E-state index in [4.69, 9.17) is 5.11 Å². The Morgan fingerprint density at radius 2 is 2.15 bits per heavy atom. The van der Waals surface area contributed by atoms with Crippen LogP contribution in [-0.4, -0.2) is 33.4 Å². The molecule has 1 heterocycles. The first kappa shape index (κ1) is 13.5. The van der Waals surface area contributed by atoms with Gasteiger partial charge in [0.2, 0.25) is 0 Å². The fraction of sp³-hybridized carbons (Fsp3) is 0.0769. The Hall–Kier alpha value is -2.96. The molecule has 0 saturated heterocycles. The molecule has 0 unspecified atom stereocenters. The van der Waals surface area contributed by atoms with Gasteiger partial charge in [-0.25, -0.2) is 10.2 Å². The zero-order chi connectivity index (χ0) is 14.5. The second-order valence-corrected chi connectivity index (χ2v) is 4.03. The van der Waals surface area contributed by atoms with Crippen molar-refractivity contribution in [3.8, 4) is 0 Å². The highest BCUT2D eigenvalue weighted by Crippen LogP contribution is 2.05. The van der Waals surface area contributed by atoms with Gasteiger partial charge in [-0.3, -0.25) is 9.89 Å². The third-order valence-electron chi connectivity index (χ3n) is 2.50. The lowest BCUT2D eigenvalue weighted by atomic mass is 10.1. The van der Waals surface area contributed by atoms with Gasteiger partial charge < -0.3 is 5.11 Å². The first-order valence-corrected chi connectivity index (χ1v) is 5.75. The Kier molecular flexibility index (Phi) is 3.90. The van der Waals surface area contributed by atoms with E-state index in [1.54, 1.807) is 31.2 Å². The monoisotopic (exact) mass is 272 g/mol. The van der Waals surface area contributed by atoms with Gasteiger partial charge in [0.05, 0.1) is 11.8 Å². The number of rotatable bonds is 4. The zero-order valence-electron chi connectivity index (χ0n) is 10.6. The van der Waals surface area contributed by atoms with Crippen molar-refractivity contribution in [2.75, 3.05) is 0 Å². The average molecular weight is 272 g/mol. The quantitative estimate of drug-likeness (QED) is 0.573. The molecular weight excluding hydrogens is 260 g/mol. The first-order chi connectivity index (χ1) is 9.58. The number of carboxylic acid groups (broad SMARTS) is 1. The minimum absolute atomic E-state index is 0.112. The van der Waals surface area contributed by atoms with Crippen molar-refractivity contribution in [1.82, 2.24) is 15.6 Å². The maximum absolute atomic E-state index is 11.6. The standard InChI is InChI=1S/C13H12N4O3/c1-8-6-11(16-15-8)12(18)17-14-7-9-4-2-3-5-10(9)13(19)20/h2-7H,1H3,(H,15,16)(H,17,18)(H,19,20). The molecule has 0 aliphatic heterocycles. The number of aromatic amines is 1. The summed E-state index contributed by atoms with van der Waals surface area (Å²) in [5, 5.41) is 19.1. The Labute approximate surface area is 114 Å². The summed E-state index contributed by atoms with van der Waals surface area (Å²) < 4.78 is 0. The number of hydrogen-bond donors (Lipinski definition) is 3. The van der Waals surface area contributed by atoms with Crippen molar-refractivity contribution >= 4 is 18.1 Å². The lowest BCUT2D eigenvalue weighted by Crippen LogP contribution is -2.18. The number of amides is 1. The molecule has 2 rings (SSSR count). The fourth-order valence-corrected chi connectivity index (χ4v) is 1.56. The van der Waals surface area contributed by atoms with Gasteiger partial charge in [0.25, 0.3) is 5.91 Å². The van der Waals surface area contributed by atoms with E-state index in [1.165, 1.54) is 12.3 Å². The number of aromatic carboxylic acids is 1. The van der Waals surface area contributed by atoms with Gasteiger partial charge in [0.1, 0.15) is 0 Å². The van der Waals surface area contributed by atoms with Crippen LogP contribution in [0.4, 0.5) is 0 Å². The maximum atomic E-state index is 11.6. The molecule has 1 aromatic heterocycles. The number of aromatic nitrogens is 2. The van der Waals surface area contributed by atoms with Crippen molar-refractivity contribution in [3.63, 3.8) is 0 Å². The summed E-state index contributed by atoms with van der Waals surface area (Å²) >= 11 is 0. The van der Waals surface area contributed by atoms with Crippen LogP contribution in [-0.2, 0) is 0 Å². The highest BCUT2D eigenvalue weighted by Gasteiger charge is 2.09. The highest BCUT2D eigenvalue weighted by molar-refractivity contribution is 5.99. The van der Waals surface area contributed by atoms with Crippen LogP contribution < -0.4 is 5.43 Å². The number of aryl methyl sites for hydroxylation is 1. The van der Waals surface area contributed by atoms with Crippen molar-refractivity contribution in [3.05, 3.63) is 52.8 Å². The fourth-order valence-electron chi connectivity index (χ4n) is 1.56. The van der Waals surface area contributed by atoms with Crippen LogP contribution in [0.3, 0.4) is 0 Å². The van der Waals surface area contributed by atoms with E-state index in [-0.39, 0.29) is 11.3 Å². The summed E-state index contributed by atoms with van der Waals surface area (Å²) in [5.74, 6) is -1.53. The van der Waals surface area contributed by atoms with Crippen LogP contribution in [0.5, 0.6) is 0 Å². The van der Waals surface area contributed by atoms with Crippen molar-refractivity contribution < 1.29 is 14.7 Å². The van der Waals surface area contributed by atoms with Crippen LogP contribution in [0, 0.1) is 6.92 Å². The van der Waals surface area contributed by atoms with E-state index in [2.05, 4.69) is 20.7 Å². The molecule has 1 amide bonds. The Morgan fingerprint density at radius 3 is 2.80 bits per heavy atom. The molecule has 20 heavy (non-hydrogen) atoms. The number of hydrazone groups is 1. The van der Waals surface area contributed by atoms with Gasteiger partial charge in [-0.1, -0.05) is 18.2 Å². The predicted octanol–water partition coefficient (Wildman–Crippen LogP) is 1.18. The second-order valence-electron chi connectivity index (χ2n) is 4.03. The minimum Gasteiger partial charge on any atom is -0.478 e. The first-order valence-electron chi connectivity index (χ1n) is 5.75. The number of carbonyl (C=O) groups is 2. The second kappa shape index (κ2) is 5.79. The van der Waals surface area contributed by atoms with E-state index >= 15 is 0 Å². The molecule has 0 saturated carbocycles. The summed E-state index contributed by atoms with van der Waals surface area (Å²) in [6, 6.07) is 7.94. The molecule has 0 aliphatic rings. The number of nitrogens with zero attached hydrogens (tertiary/aromatic N) is 2. The Balaban J connectivity index is 2.07. The average Bonchev–Trinajstić information content (AvgIpc) is 2.86. The van der Waals surface area contributed by atoms with Gasteiger partial charge in [0, 0.05) is 11.3 Å². The third-order valence-corrected chi connectivity index (χ3v) is 2.50. The lowest BCUT2D eigenvalue weighted by molar-refractivity contribution is 0.0696. The number of hydrogen-bond acceptors (Lipinski definition) is 4. The van der Waals surface area contributed by atoms with Crippen LogP contribution in [0.15, 0.2) is 35.4 Å². The van der Waals surface area contributed by atoms with Crippen molar-refractivity contribution in [2.24, 2.45) is 5.10 Å². The molecule has 7 nitrogen and oxygen atoms in total. The summed E-state index contributed by atoms with van der Waals surface area (Å²) in [5.41, 5.74) is 3.77. The summed E-state index contributed by atoms with van der Waals surface area (Å²) in [4.78, 5) is 22.6. The maximum Gasteiger partial charge on any atom is 0.336 e. The minimum atomic E-state index is -1.05. The third kappa shape index (κ3) is 3.08. The van der Waals surface area contributed by atoms with Gasteiger partial charge in [-0.15, -0.1) is 0 Å². The van der Waals surface area contributed by atoms with Gasteiger partial charge in [0.15, 0.2) is 5.69 Å². The Bertz CT molecular complexity index is 676. The number of H-pyrrole nitrogens is 1. The number of nitrogens with one attached hydrogen (secondary N) is 2. The molecular formula is C13H12N4O3. The smallest absolute Gasteiger partial charge is 0.336 e. The topological polar surface area (TPSA) is 107 Å². The molecule has 102 valence electrons.